The molecule has 7 heteroatoms. The van der Waals surface area contributed by atoms with Gasteiger partial charge in [-0.25, -0.2) is 4.79 Å². The van der Waals surface area contributed by atoms with Crippen LogP contribution in [-0.2, 0) is 11.2 Å². The van der Waals surface area contributed by atoms with Gasteiger partial charge in [-0.05, 0) is 34.9 Å². The lowest BCUT2D eigenvalue weighted by Gasteiger charge is -2.16. The van der Waals surface area contributed by atoms with Crippen molar-refractivity contribution in [3.63, 3.8) is 0 Å². The van der Waals surface area contributed by atoms with Crippen LogP contribution in [0.5, 0.6) is 0 Å². The second-order valence-electron chi connectivity index (χ2n) is 5.48. The number of halogens is 1. The lowest BCUT2D eigenvalue weighted by atomic mass is 9.99. The maximum atomic E-state index is 11.3. The molecule has 128 valence electrons. The van der Waals surface area contributed by atoms with Crippen LogP contribution in [0.25, 0.3) is 11.1 Å². The van der Waals surface area contributed by atoms with Gasteiger partial charge >= 0.3 is 6.09 Å². The molecule has 0 aliphatic heterocycles. The molecule has 1 heterocycles. The van der Waals surface area contributed by atoms with Crippen LogP contribution in [0.1, 0.15) is 23.4 Å². The van der Waals surface area contributed by atoms with Gasteiger partial charge in [0, 0.05) is 11.9 Å². The Hall–Kier alpha value is -2.86. The van der Waals surface area contributed by atoms with Gasteiger partial charge in [0.25, 0.3) is 0 Å². The first-order valence-corrected chi connectivity index (χ1v) is 8.00. The molecular weight excluding hydrogens is 342 g/mol. The molecule has 2 aromatic carbocycles. The zero-order chi connectivity index (χ0) is 17.8. The Morgan fingerprint density at radius 2 is 1.92 bits per heavy atom. The third-order valence-electron chi connectivity index (χ3n) is 3.60. The van der Waals surface area contributed by atoms with Gasteiger partial charge in [-0.15, -0.1) is 10.2 Å². The van der Waals surface area contributed by atoms with E-state index in [0.29, 0.717) is 16.8 Å². The molecule has 1 atom stereocenters. The minimum absolute atomic E-state index is 0.239. The summed E-state index contributed by atoms with van der Waals surface area (Å²) >= 11 is 6.06. The molecule has 0 spiro atoms. The number of hydrogen-bond donors (Lipinski definition) is 1. The van der Waals surface area contributed by atoms with Crippen molar-refractivity contribution in [2.24, 2.45) is 5.73 Å². The highest BCUT2D eigenvalue weighted by Gasteiger charge is 2.20. The smallest absolute Gasteiger partial charge is 0.405 e. The molecule has 2 N–H and O–H groups in total. The van der Waals surface area contributed by atoms with Crippen molar-refractivity contribution < 1.29 is 13.9 Å². The standard InChI is InChI=1S/C18H16ClN3O3/c1-11-21-22-17(24-11)10-16(25-18(20)23)14-6-2-4-12(8-14)13-5-3-7-15(19)9-13/h2-9,16H,10H2,1H3,(H2,20,23). The van der Waals surface area contributed by atoms with Crippen LogP contribution in [0.2, 0.25) is 5.02 Å². The van der Waals surface area contributed by atoms with E-state index in [4.69, 9.17) is 26.5 Å². The SMILES string of the molecule is Cc1nnc(CC(OC(N)=O)c2cccc(-c3cccc(Cl)c3)c2)o1. The molecule has 1 amide bonds. The number of aromatic nitrogens is 2. The van der Waals surface area contributed by atoms with Crippen LogP contribution in [0.3, 0.4) is 0 Å². The summed E-state index contributed by atoms with van der Waals surface area (Å²) in [5, 5.41) is 8.38. The first-order chi connectivity index (χ1) is 12.0. The van der Waals surface area contributed by atoms with Crippen LogP contribution in [0.15, 0.2) is 52.9 Å². The number of primary amides is 1. The van der Waals surface area contributed by atoms with Crippen LogP contribution in [-0.4, -0.2) is 16.3 Å². The Kier molecular flexibility index (Phi) is 5.00. The lowest BCUT2D eigenvalue weighted by molar-refractivity contribution is 0.102. The van der Waals surface area contributed by atoms with Crippen LogP contribution >= 0.6 is 11.6 Å². The number of nitrogens with zero attached hydrogens (tertiary/aromatic N) is 2. The number of amides is 1. The summed E-state index contributed by atoms with van der Waals surface area (Å²) in [6, 6.07) is 15.1. The molecule has 0 saturated heterocycles. The summed E-state index contributed by atoms with van der Waals surface area (Å²) in [5.41, 5.74) is 7.89. The van der Waals surface area contributed by atoms with E-state index in [1.165, 1.54) is 0 Å². The Labute approximate surface area is 149 Å². The third-order valence-corrected chi connectivity index (χ3v) is 3.84. The zero-order valence-corrected chi connectivity index (χ0v) is 14.2. The van der Waals surface area contributed by atoms with E-state index in [0.717, 1.165) is 16.7 Å². The van der Waals surface area contributed by atoms with Gasteiger partial charge in [0.1, 0.15) is 6.10 Å². The molecule has 0 aliphatic rings. The number of carbonyl (C=O) groups is 1. The zero-order valence-electron chi connectivity index (χ0n) is 13.5. The number of hydrogen-bond acceptors (Lipinski definition) is 5. The molecular formula is C18H16ClN3O3. The van der Waals surface area contributed by atoms with Crippen molar-refractivity contribution in [1.29, 1.82) is 0 Å². The third kappa shape index (κ3) is 4.36. The van der Waals surface area contributed by atoms with E-state index in [-0.39, 0.29) is 6.42 Å². The minimum Gasteiger partial charge on any atom is -0.441 e. The van der Waals surface area contributed by atoms with E-state index < -0.39 is 12.2 Å². The quantitative estimate of drug-likeness (QED) is 0.742. The Bertz CT molecular complexity index is 895. The van der Waals surface area contributed by atoms with Gasteiger partial charge in [0.15, 0.2) is 0 Å². The fourth-order valence-electron chi connectivity index (χ4n) is 2.53. The van der Waals surface area contributed by atoms with Gasteiger partial charge in [-0.3, -0.25) is 0 Å². The van der Waals surface area contributed by atoms with Gasteiger partial charge < -0.3 is 14.9 Å². The van der Waals surface area contributed by atoms with E-state index in [2.05, 4.69) is 10.2 Å². The van der Waals surface area contributed by atoms with Gasteiger partial charge in [0.2, 0.25) is 11.8 Å². The summed E-state index contributed by atoms with van der Waals surface area (Å²) in [4.78, 5) is 11.3. The van der Waals surface area contributed by atoms with E-state index in [1.54, 1.807) is 6.92 Å². The fraction of sp³-hybridized carbons (Fsp3) is 0.167. The molecule has 0 radical (unpaired) electrons. The monoisotopic (exact) mass is 357 g/mol. The number of ether oxygens (including phenoxy) is 1. The van der Waals surface area contributed by atoms with E-state index in [1.807, 2.05) is 48.5 Å². The summed E-state index contributed by atoms with van der Waals surface area (Å²) < 4.78 is 10.6. The largest absolute Gasteiger partial charge is 0.441 e. The number of benzene rings is 2. The van der Waals surface area contributed by atoms with Crippen molar-refractivity contribution >= 4 is 17.7 Å². The van der Waals surface area contributed by atoms with Crippen LogP contribution < -0.4 is 5.73 Å². The maximum absolute atomic E-state index is 11.3. The molecule has 3 rings (SSSR count). The fourth-order valence-corrected chi connectivity index (χ4v) is 2.72. The highest BCUT2D eigenvalue weighted by atomic mass is 35.5. The highest BCUT2D eigenvalue weighted by molar-refractivity contribution is 6.30. The lowest BCUT2D eigenvalue weighted by Crippen LogP contribution is -2.19. The minimum atomic E-state index is -0.866. The van der Waals surface area contributed by atoms with Crippen molar-refractivity contribution in [2.45, 2.75) is 19.4 Å². The predicted octanol–water partition coefficient (Wildman–Crippen LogP) is 4.08. The maximum Gasteiger partial charge on any atom is 0.405 e. The van der Waals surface area contributed by atoms with Gasteiger partial charge in [-0.2, -0.15) is 0 Å². The van der Waals surface area contributed by atoms with E-state index >= 15 is 0 Å². The molecule has 1 aromatic heterocycles. The topological polar surface area (TPSA) is 91.2 Å². The number of nitrogens with two attached hydrogens (primary N) is 1. The number of aryl methyl sites for hydroxylation is 1. The Balaban J connectivity index is 1.92. The van der Waals surface area contributed by atoms with Crippen molar-refractivity contribution in [3.8, 4) is 11.1 Å². The summed E-state index contributed by atoms with van der Waals surface area (Å²) in [6.07, 6.45) is -1.26. The number of carbonyl (C=O) groups excluding carboxylic acids is 1. The molecule has 3 aromatic rings. The van der Waals surface area contributed by atoms with Gasteiger partial charge in [0.05, 0.1) is 6.42 Å². The average molecular weight is 358 g/mol. The second-order valence-corrected chi connectivity index (χ2v) is 5.92. The Morgan fingerprint density at radius 1 is 1.20 bits per heavy atom. The second kappa shape index (κ2) is 7.36. The van der Waals surface area contributed by atoms with Crippen molar-refractivity contribution in [3.05, 3.63) is 70.9 Å². The Morgan fingerprint density at radius 3 is 2.56 bits per heavy atom. The molecule has 0 fully saturated rings. The summed E-state index contributed by atoms with van der Waals surface area (Å²) in [7, 11) is 0. The van der Waals surface area contributed by atoms with Gasteiger partial charge in [-0.1, -0.05) is 41.9 Å². The molecule has 6 nitrogen and oxygen atoms in total. The highest BCUT2D eigenvalue weighted by Crippen LogP contribution is 2.28. The molecule has 0 saturated carbocycles. The normalized spacial score (nSPS) is 11.9. The summed E-state index contributed by atoms with van der Waals surface area (Å²) in [5.74, 6) is 0.817. The molecule has 25 heavy (non-hydrogen) atoms. The van der Waals surface area contributed by atoms with E-state index in [9.17, 15) is 4.79 Å². The van der Waals surface area contributed by atoms with Crippen molar-refractivity contribution in [2.75, 3.05) is 0 Å². The molecule has 0 aliphatic carbocycles. The van der Waals surface area contributed by atoms with Crippen LogP contribution in [0, 0.1) is 6.92 Å². The predicted molar refractivity (Wildman–Crippen MR) is 93.0 cm³/mol. The first kappa shape index (κ1) is 17.0. The number of rotatable bonds is 5. The summed E-state index contributed by atoms with van der Waals surface area (Å²) in [6.45, 7) is 1.69. The molecule has 1 unspecified atom stereocenters. The first-order valence-electron chi connectivity index (χ1n) is 7.62. The average Bonchev–Trinajstić information content (AvgIpc) is 2.99. The molecule has 0 bridgehead atoms. The van der Waals surface area contributed by atoms with Crippen molar-refractivity contribution in [1.82, 2.24) is 10.2 Å². The van der Waals surface area contributed by atoms with Crippen LogP contribution in [0.4, 0.5) is 4.79 Å².